The van der Waals surface area contributed by atoms with Crippen molar-refractivity contribution in [1.82, 2.24) is 10.6 Å². The van der Waals surface area contributed by atoms with Crippen molar-refractivity contribution in [3.05, 3.63) is 28.2 Å². The molecule has 1 rings (SSSR count). The van der Waals surface area contributed by atoms with Crippen LogP contribution in [0, 0.1) is 0 Å². The summed E-state index contributed by atoms with van der Waals surface area (Å²) in [7, 11) is 1.65. The van der Waals surface area contributed by atoms with Gasteiger partial charge >= 0.3 is 0 Å². The van der Waals surface area contributed by atoms with Gasteiger partial charge in [0.25, 0.3) is 0 Å². The number of rotatable bonds is 10. The molecule has 0 saturated heterocycles. The first-order chi connectivity index (χ1) is 10.1. The second kappa shape index (κ2) is 10.7. The van der Waals surface area contributed by atoms with Crippen LogP contribution < -0.4 is 15.4 Å². The molecule has 5 nitrogen and oxygen atoms in total. The highest BCUT2D eigenvalue weighted by atomic mass is 35.5. The van der Waals surface area contributed by atoms with Gasteiger partial charge in [0.15, 0.2) is 0 Å². The Kier molecular flexibility index (Phi) is 9.17. The molecule has 118 valence electrons. The first-order valence-corrected chi connectivity index (χ1v) is 7.44. The average molecular weight is 335 g/mol. The third kappa shape index (κ3) is 7.52. The van der Waals surface area contributed by atoms with Gasteiger partial charge in [0, 0.05) is 26.7 Å². The highest BCUT2D eigenvalue weighted by Gasteiger charge is 2.06. The van der Waals surface area contributed by atoms with Gasteiger partial charge in [0.1, 0.15) is 10.8 Å². The molecule has 0 aliphatic rings. The molecule has 0 aliphatic carbocycles. The van der Waals surface area contributed by atoms with Crippen molar-refractivity contribution in [2.45, 2.75) is 6.42 Å². The van der Waals surface area contributed by atoms with Crippen molar-refractivity contribution < 1.29 is 14.3 Å². The van der Waals surface area contributed by atoms with Crippen LogP contribution in [0.5, 0.6) is 5.75 Å². The minimum atomic E-state index is -0.0679. The summed E-state index contributed by atoms with van der Waals surface area (Å²) in [5.74, 6) is 0.417. The maximum atomic E-state index is 11.6. The van der Waals surface area contributed by atoms with E-state index in [0.717, 1.165) is 6.54 Å². The summed E-state index contributed by atoms with van der Waals surface area (Å²) in [4.78, 5) is 11.6. The number of methoxy groups -OCH3 is 1. The number of halogens is 2. The van der Waals surface area contributed by atoms with Gasteiger partial charge in [-0.2, -0.15) is 0 Å². The van der Waals surface area contributed by atoms with Gasteiger partial charge in [-0.3, -0.25) is 4.79 Å². The summed E-state index contributed by atoms with van der Waals surface area (Å²) in [6.07, 6.45) is 0.265. The Bertz CT molecular complexity index is 444. The van der Waals surface area contributed by atoms with Crippen molar-refractivity contribution >= 4 is 29.1 Å². The average Bonchev–Trinajstić information content (AvgIpc) is 2.47. The molecule has 0 aromatic heterocycles. The molecule has 0 bridgehead atoms. The zero-order valence-electron chi connectivity index (χ0n) is 12.0. The van der Waals surface area contributed by atoms with E-state index in [4.69, 9.17) is 32.7 Å². The molecule has 0 atom stereocenters. The molecule has 2 N–H and O–H groups in total. The normalized spacial score (nSPS) is 10.4. The largest absolute Gasteiger partial charge is 0.491 e. The van der Waals surface area contributed by atoms with E-state index in [2.05, 4.69) is 10.6 Å². The van der Waals surface area contributed by atoms with E-state index >= 15 is 0 Å². The molecule has 0 heterocycles. The molecule has 0 saturated carbocycles. The summed E-state index contributed by atoms with van der Waals surface area (Å²) >= 11 is 11.8. The van der Waals surface area contributed by atoms with Crippen LogP contribution in [0.25, 0.3) is 0 Å². The van der Waals surface area contributed by atoms with Gasteiger partial charge in [-0.05, 0) is 12.1 Å². The summed E-state index contributed by atoms with van der Waals surface area (Å²) in [6.45, 7) is 2.95. The lowest BCUT2D eigenvalue weighted by Gasteiger charge is -2.09. The van der Waals surface area contributed by atoms with Gasteiger partial charge in [-0.25, -0.2) is 0 Å². The van der Waals surface area contributed by atoms with Crippen LogP contribution >= 0.6 is 23.2 Å². The van der Waals surface area contributed by atoms with E-state index in [-0.39, 0.29) is 18.9 Å². The molecule has 1 aromatic carbocycles. The Morgan fingerprint density at radius 3 is 2.76 bits per heavy atom. The molecule has 1 aromatic rings. The molecule has 0 aliphatic heterocycles. The lowest BCUT2D eigenvalue weighted by atomic mass is 10.3. The fraction of sp³-hybridized carbons (Fsp3) is 0.500. The molecule has 7 heteroatoms. The van der Waals surface area contributed by atoms with E-state index in [1.807, 2.05) is 0 Å². The van der Waals surface area contributed by atoms with Crippen LogP contribution in [-0.2, 0) is 9.53 Å². The van der Waals surface area contributed by atoms with Crippen LogP contribution in [0.1, 0.15) is 6.42 Å². The minimum Gasteiger partial charge on any atom is -0.491 e. The third-order valence-electron chi connectivity index (χ3n) is 2.61. The van der Waals surface area contributed by atoms with Gasteiger partial charge in [0.05, 0.1) is 24.7 Å². The topological polar surface area (TPSA) is 59.6 Å². The summed E-state index contributed by atoms with van der Waals surface area (Å²) in [5, 5.41) is 6.72. The van der Waals surface area contributed by atoms with Crippen molar-refractivity contribution in [3.63, 3.8) is 0 Å². The third-order valence-corrected chi connectivity index (χ3v) is 3.41. The molecule has 0 fully saturated rings. The van der Waals surface area contributed by atoms with Crippen molar-refractivity contribution in [2.75, 3.05) is 40.0 Å². The maximum absolute atomic E-state index is 11.6. The van der Waals surface area contributed by atoms with Crippen LogP contribution in [0.3, 0.4) is 0 Å². The monoisotopic (exact) mass is 334 g/mol. The standard InChI is InChI=1S/C14H20Cl2N2O3/c1-20-10-8-17-6-7-18-13(19)5-9-21-12-4-2-3-11(15)14(12)16/h2-4,17H,5-10H2,1H3,(H,18,19). The molecular weight excluding hydrogens is 315 g/mol. The Morgan fingerprint density at radius 2 is 2.00 bits per heavy atom. The molecule has 1 amide bonds. The Labute approximate surface area is 134 Å². The maximum Gasteiger partial charge on any atom is 0.223 e. The van der Waals surface area contributed by atoms with Gasteiger partial charge in [0.2, 0.25) is 5.91 Å². The van der Waals surface area contributed by atoms with E-state index in [0.29, 0.717) is 35.5 Å². The highest BCUT2D eigenvalue weighted by molar-refractivity contribution is 6.42. The predicted octanol–water partition coefficient (Wildman–Crippen LogP) is 2.11. The van der Waals surface area contributed by atoms with Crippen LogP contribution in [-0.4, -0.2) is 45.9 Å². The first kappa shape index (κ1) is 18.0. The fourth-order valence-corrected chi connectivity index (χ4v) is 1.87. The number of carbonyl (C=O) groups excluding carboxylic acids is 1. The van der Waals surface area contributed by atoms with Crippen LogP contribution in [0.2, 0.25) is 10.0 Å². The molecular formula is C14H20Cl2N2O3. The molecule has 0 radical (unpaired) electrons. The van der Waals surface area contributed by atoms with Crippen LogP contribution in [0.15, 0.2) is 18.2 Å². The Morgan fingerprint density at radius 1 is 1.19 bits per heavy atom. The Balaban J connectivity index is 2.12. The van der Waals surface area contributed by atoms with Gasteiger partial charge in [-0.1, -0.05) is 29.3 Å². The zero-order chi connectivity index (χ0) is 15.5. The zero-order valence-corrected chi connectivity index (χ0v) is 13.5. The lowest BCUT2D eigenvalue weighted by Crippen LogP contribution is -2.33. The Hall–Kier alpha value is -1.01. The van der Waals surface area contributed by atoms with Gasteiger partial charge < -0.3 is 20.1 Å². The quantitative estimate of drug-likeness (QED) is 0.643. The van der Waals surface area contributed by atoms with E-state index < -0.39 is 0 Å². The first-order valence-electron chi connectivity index (χ1n) is 6.68. The number of benzene rings is 1. The van der Waals surface area contributed by atoms with E-state index in [1.165, 1.54) is 0 Å². The second-order valence-electron chi connectivity index (χ2n) is 4.24. The summed E-state index contributed by atoms with van der Waals surface area (Å²) < 4.78 is 10.3. The van der Waals surface area contributed by atoms with Crippen molar-refractivity contribution in [3.8, 4) is 5.75 Å². The SMILES string of the molecule is COCCNCCNC(=O)CCOc1cccc(Cl)c1Cl. The molecule has 21 heavy (non-hydrogen) atoms. The number of carbonyl (C=O) groups is 1. The minimum absolute atomic E-state index is 0.0679. The predicted molar refractivity (Wildman–Crippen MR) is 84.3 cm³/mol. The van der Waals surface area contributed by atoms with Crippen LogP contribution in [0.4, 0.5) is 0 Å². The number of amides is 1. The lowest BCUT2D eigenvalue weighted by molar-refractivity contribution is -0.121. The highest BCUT2D eigenvalue weighted by Crippen LogP contribution is 2.31. The fourth-order valence-electron chi connectivity index (χ4n) is 1.53. The van der Waals surface area contributed by atoms with E-state index in [1.54, 1.807) is 25.3 Å². The molecule has 0 unspecified atom stereocenters. The smallest absolute Gasteiger partial charge is 0.223 e. The van der Waals surface area contributed by atoms with Crippen molar-refractivity contribution in [1.29, 1.82) is 0 Å². The molecule has 0 spiro atoms. The number of nitrogens with one attached hydrogen (secondary N) is 2. The van der Waals surface area contributed by atoms with E-state index in [9.17, 15) is 4.79 Å². The summed E-state index contributed by atoms with van der Waals surface area (Å²) in [5.41, 5.74) is 0. The second-order valence-corrected chi connectivity index (χ2v) is 5.03. The van der Waals surface area contributed by atoms with Crippen molar-refractivity contribution in [2.24, 2.45) is 0 Å². The number of hydrogen-bond donors (Lipinski definition) is 2. The number of hydrogen-bond acceptors (Lipinski definition) is 4. The summed E-state index contributed by atoms with van der Waals surface area (Å²) in [6, 6.07) is 5.14. The number of ether oxygens (including phenoxy) is 2. The van der Waals surface area contributed by atoms with Gasteiger partial charge in [-0.15, -0.1) is 0 Å².